The van der Waals surface area contributed by atoms with E-state index in [0.717, 1.165) is 0 Å². The fourth-order valence-electron chi connectivity index (χ4n) is 0. The molecule has 0 aromatic carbocycles. The summed E-state index contributed by atoms with van der Waals surface area (Å²) in [6, 6.07) is 0. The monoisotopic (exact) mass is 99.1 g/mol. The largest absolute Gasteiger partial charge is 0.340 e. The van der Waals surface area contributed by atoms with Crippen LogP contribution in [0.25, 0.3) is 0 Å². The third kappa shape index (κ3) is 2.21. The molecule has 1 heteroatoms. The van der Waals surface area contributed by atoms with Crippen LogP contribution in [0.2, 0.25) is 13.1 Å². The standard InChI is InChI=1S/C5H11Si/c1-5(2)6(3)4/h1H2,2-4H3/q+1. The zero-order valence-corrected chi connectivity index (χ0v) is 5.71. The molecule has 0 heterocycles. The predicted octanol–water partition coefficient (Wildman–Crippen LogP) is 1.86. The highest BCUT2D eigenvalue weighted by molar-refractivity contribution is 6.63. The van der Waals surface area contributed by atoms with E-state index in [1.165, 1.54) is 5.20 Å². The SMILES string of the molecule is C=C(C)[Si+](C)C. The van der Waals surface area contributed by atoms with Crippen molar-refractivity contribution in [1.82, 2.24) is 0 Å². The summed E-state index contributed by atoms with van der Waals surface area (Å²) in [5.74, 6) is 0. The molecule has 0 unspecified atom stereocenters. The molecule has 0 fully saturated rings. The molecule has 0 aromatic heterocycles. The molecule has 6 heavy (non-hydrogen) atoms. The second kappa shape index (κ2) is 2.19. The van der Waals surface area contributed by atoms with E-state index in [1.807, 2.05) is 0 Å². The molecular weight excluding hydrogens is 88.1 g/mol. The molecule has 0 atom stereocenters. The first-order chi connectivity index (χ1) is 2.64. The van der Waals surface area contributed by atoms with Crippen LogP contribution in [-0.4, -0.2) is 8.80 Å². The minimum absolute atomic E-state index is 0.146. The minimum Gasteiger partial charge on any atom is -0.0685 e. The first-order valence-electron chi connectivity index (χ1n) is 2.10. The van der Waals surface area contributed by atoms with Gasteiger partial charge in [0.15, 0.2) is 0 Å². The summed E-state index contributed by atoms with van der Waals surface area (Å²) in [4.78, 5) is 0. The Hall–Kier alpha value is -0.0431. The van der Waals surface area contributed by atoms with E-state index in [2.05, 4.69) is 26.6 Å². The van der Waals surface area contributed by atoms with Gasteiger partial charge in [0.05, 0.1) is 18.3 Å². The van der Waals surface area contributed by atoms with E-state index in [-0.39, 0.29) is 8.80 Å². The number of allylic oxidation sites excluding steroid dienone is 1. The van der Waals surface area contributed by atoms with Crippen molar-refractivity contribution in [3.8, 4) is 0 Å². The van der Waals surface area contributed by atoms with Crippen molar-refractivity contribution in [3.63, 3.8) is 0 Å². The van der Waals surface area contributed by atoms with Crippen LogP contribution >= 0.6 is 0 Å². The lowest BCUT2D eigenvalue weighted by molar-refractivity contribution is 1.64. The fourth-order valence-corrected chi connectivity index (χ4v) is 0. The van der Waals surface area contributed by atoms with Gasteiger partial charge in [-0.1, -0.05) is 6.58 Å². The third-order valence-corrected chi connectivity index (χ3v) is 2.56. The van der Waals surface area contributed by atoms with Crippen molar-refractivity contribution < 1.29 is 0 Å². The second-order valence-corrected chi connectivity index (χ2v) is 4.63. The lowest BCUT2D eigenvalue weighted by Crippen LogP contribution is -1.98. The van der Waals surface area contributed by atoms with Gasteiger partial charge < -0.3 is 0 Å². The van der Waals surface area contributed by atoms with Crippen LogP contribution in [0.5, 0.6) is 0 Å². The van der Waals surface area contributed by atoms with Gasteiger partial charge in [-0.25, -0.2) is 0 Å². The molecule has 34 valence electrons. The van der Waals surface area contributed by atoms with Crippen molar-refractivity contribution in [3.05, 3.63) is 11.8 Å². The zero-order valence-electron chi connectivity index (χ0n) is 4.71. The molecule has 0 nitrogen and oxygen atoms in total. The molecule has 0 bridgehead atoms. The van der Waals surface area contributed by atoms with Gasteiger partial charge in [0, 0.05) is 0 Å². The first-order valence-corrected chi connectivity index (χ1v) is 4.60. The van der Waals surface area contributed by atoms with Crippen LogP contribution in [0.1, 0.15) is 6.92 Å². The van der Waals surface area contributed by atoms with Gasteiger partial charge in [0.25, 0.3) is 0 Å². The number of hydrogen-bond donors (Lipinski definition) is 0. The van der Waals surface area contributed by atoms with Gasteiger partial charge in [0.2, 0.25) is 0 Å². The smallest absolute Gasteiger partial charge is 0.0685 e. The Morgan fingerprint density at radius 2 is 1.67 bits per heavy atom. The normalized spacial score (nSPS) is 7.83. The molecule has 0 aromatic rings. The fraction of sp³-hybridized carbons (Fsp3) is 0.600. The van der Waals surface area contributed by atoms with Crippen LogP contribution in [0.4, 0.5) is 0 Å². The minimum atomic E-state index is -0.146. The van der Waals surface area contributed by atoms with Gasteiger partial charge >= 0.3 is 8.80 Å². The highest BCUT2D eigenvalue weighted by Gasteiger charge is 2.09. The molecule has 0 spiro atoms. The van der Waals surface area contributed by atoms with Gasteiger partial charge in [-0.2, -0.15) is 0 Å². The summed E-state index contributed by atoms with van der Waals surface area (Å²) in [5.41, 5.74) is 0. The van der Waals surface area contributed by atoms with Gasteiger partial charge in [0.1, 0.15) is 0 Å². The number of rotatable bonds is 1. The second-order valence-electron chi connectivity index (χ2n) is 1.78. The molecule has 0 radical (unpaired) electrons. The highest BCUT2D eigenvalue weighted by atomic mass is 28.3. The summed E-state index contributed by atoms with van der Waals surface area (Å²) >= 11 is 0. The van der Waals surface area contributed by atoms with Crippen molar-refractivity contribution in [2.24, 2.45) is 0 Å². The number of hydrogen-bond acceptors (Lipinski definition) is 0. The van der Waals surface area contributed by atoms with Crippen LogP contribution < -0.4 is 0 Å². The summed E-state index contributed by atoms with van der Waals surface area (Å²) in [6.45, 7) is 10.4. The van der Waals surface area contributed by atoms with E-state index in [0.29, 0.717) is 0 Å². The summed E-state index contributed by atoms with van der Waals surface area (Å²) in [6.07, 6.45) is 0. The quantitative estimate of drug-likeness (QED) is 0.440. The maximum Gasteiger partial charge on any atom is 0.340 e. The van der Waals surface area contributed by atoms with Gasteiger partial charge in [-0.15, -0.1) is 0 Å². The Labute approximate surface area is 41.5 Å². The average Bonchev–Trinajstić information content (AvgIpc) is 1.36. The molecule has 0 aliphatic heterocycles. The molecule has 0 aliphatic carbocycles. The van der Waals surface area contributed by atoms with Crippen molar-refractivity contribution in [2.75, 3.05) is 0 Å². The van der Waals surface area contributed by atoms with Crippen molar-refractivity contribution >= 4 is 8.80 Å². The van der Waals surface area contributed by atoms with Crippen molar-refractivity contribution in [2.45, 2.75) is 20.0 Å². The Bertz CT molecular complexity index is 55.0. The van der Waals surface area contributed by atoms with Crippen LogP contribution in [0.3, 0.4) is 0 Å². The summed E-state index contributed by atoms with van der Waals surface area (Å²) in [5, 5.41) is 1.36. The Morgan fingerprint density at radius 3 is 1.67 bits per heavy atom. The molecular formula is C5H11Si+. The van der Waals surface area contributed by atoms with Gasteiger partial charge in [-0.05, 0) is 6.92 Å². The molecule has 0 saturated heterocycles. The molecule has 0 aliphatic rings. The van der Waals surface area contributed by atoms with Crippen LogP contribution in [0.15, 0.2) is 11.8 Å². The van der Waals surface area contributed by atoms with E-state index >= 15 is 0 Å². The molecule has 0 amide bonds. The Morgan fingerprint density at radius 1 is 1.50 bits per heavy atom. The van der Waals surface area contributed by atoms with Crippen LogP contribution in [0, 0.1) is 0 Å². The summed E-state index contributed by atoms with van der Waals surface area (Å²) in [7, 11) is -0.146. The first kappa shape index (κ1) is 5.96. The predicted molar refractivity (Wildman–Crippen MR) is 32.3 cm³/mol. The topological polar surface area (TPSA) is 0 Å². The summed E-state index contributed by atoms with van der Waals surface area (Å²) < 4.78 is 0. The Balaban J connectivity index is 3.26. The average molecular weight is 99.2 g/mol. The lowest BCUT2D eigenvalue weighted by atomic mass is 10.8. The molecule has 0 N–H and O–H groups in total. The highest BCUT2D eigenvalue weighted by Crippen LogP contribution is 1.91. The van der Waals surface area contributed by atoms with E-state index in [4.69, 9.17) is 0 Å². The molecule has 0 rings (SSSR count). The third-order valence-electron chi connectivity index (χ3n) is 0.854. The zero-order chi connectivity index (χ0) is 5.15. The van der Waals surface area contributed by atoms with E-state index in [9.17, 15) is 0 Å². The van der Waals surface area contributed by atoms with E-state index < -0.39 is 0 Å². The molecule has 0 saturated carbocycles. The lowest BCUT2D eigenvalue weighted by Gasteiger charge is -1.77. The van der Waals surface area contributed by atoms with Gasteiger partial charge in [-0.3, -0.25) is 0 Å². The van der Waals surface area contributed by atoms with E-state index in [1.54, 1.807) is 0 Å². The Kier molecular flexibility index (Phi) is 2.17. The maximum atomic E-state index is 3.80. The van der Waals surface area contributed by atoms with Crippen LogP contribution in [-0.2, 0) is 0 Å². The maximum absolute atomic E-state index is 3.80. The van der Waals surface area contributed by atoms with Crippen molar-refractivity contribution in [1.29, 1.82) is 0 Å².